The number of carbonyl (C=O) groups is 2. The molecular weight excluding hydrogens is 352 g/mol. The maximum absolute atomic E-state index is 11.9. The molecule has 0 aliphatic heterocycles. The second-order valence-corrected chi connectivity index (χ2v) is 6.99. The molecule has 4 nitrogen and oxygen atoms in total. The van der Waals surface area contributed by atoms with Crippen molar-refractivity contribution in [2.45, 2.75) is 5.75 Å². The van der Waals surface area contributed by atoms with Gasteiger partial charge >= 0.3 is 0 Å². The number of amides is 2. The van der Waals surface area contributed by atoms with Gasteiger partial charge in [-0.3, -0.25) is 9.59 Å². The number of thiophene rings is 1. The average Bonchev–Trinajstić information content (AvgIpc) is 3.06. The van der Waals surface area contributed by atoms with E-state index in [9.17, 15) is 9.59 Å². The van der Waals surface area contributed by atoms with E-state index in [2.05, 4.69) is 27.5 Å². The number of thioether (sulfide) groups is 1. The third kappa shape index (κ3) is 6.25. The summed E-state index contributed by atoms with van der Waals surface area (Å²) in [5, 5.41) is 9.89. The molecule has 122 valence electrons. The van der Waals surface area contributed by atoms with Gasteiger partial charge in [-0.05, 0) is 34.5 Å². The Hall–Kier alpha value is -1.50. The standard InChI is InChI=1S/C16H17ClN2O2S2/c17-14-4-2-1-3-13(14)16(21)19-9-15(20)18-6-8-23-11-12-5-7-22-10-12/h1-5,7,10H,6,8-9,11H2,(H,18,20)(H,19,21). The summed E-state index contributed by atoms with van der Waals surface area (Å²) in [6, 6.07) is 8.84. The van der Waals surface area contributed by atoms with Gasteiger partial charge in [0.1, 0.15) is 0 Å². The molecule has 0 radical (unpaired) electrons. The van der Waals surface area contributed by atoms with E-state index in [-0.39, 0.29) is 18.4 Å². The molecule has 1 aromatic carbocycles. The first kappa shape index (κ1) is 17.8. The number of benzene rings is 1. The average molecular weight is 369 g/mol. The molecule has 1 aromatic heterocycles. The van der Waals surface area contributed by atoms with E-state index in [0.29, 0.717) is 17.1 Å². The Morgan fingerprint density at radius 3 is 2.74 bits per heavy atom. The van der Waals surface area contributed by atoms with Crippen LogP contribution in [0.15, 0.2) is 41.1 Å². The van der Waals surface area contributed by atoms with Crippen LogP contribution in [-0.2, 0) is 10.5 Å². The van der Waals surface area contributed by atoms with E-state index in [1.54, 1.807) is 47.4 Å². The van der Waals surface area contributed by atoms with Crippen LogP contribution in [0, 0.1) is 0 Å². The van der Waals surface area contributed by atoms with Crippen LogP contribution in [0.1, 0.15) is 15.9 Å². The van der Waals surface area contributed by atoms with Crippen molar-refractivity contribution >= 4 is 46.5 Å². The SMILES string of the molecule is O=C(CNC(=O)c1ccccc1Cl)NCCSCc1ccsc1. The highest BCUT2D eigenvalue weighted by molar-refractivity contribution is 7.98. The highest BCUT2D eigenvalue weighted by Gasteiger charge is 2.10. The van der Waals surface area contributed by atoms with Gasteiger partial charge < -0.3 is 10.6 Å². The molecule has 0 saturated heterocycles. The molecule has 2 rings (SSSR count). The molecule has 0 unspecified atom stereocenters. The molecule has 1 heterocycles. The Morgan fingerprint density at radius 1 is 1.17 bits per heavy atom. The Labute approximate surface area is 148 Å². The summed E-state index contributed by atoms with van der Waals surface area (Å²) < 4.78 is 0. The van der Waals surface area contributed by atoms with Crippen molar-refractivity contribution in [1.82, 2.24) is 10.6 Å². The van der Waals surface area contributed by atoms with Gasteiger partial charge in [-0.1, -0.05) is 23.7 Å². The first-order valence-electron chi connectivity index (χ1n) is 7.05. The zero-order valence-corrected chi connectivity index (χ0v) is 14.8. The van der Waals surface area contributed by atoms with Crippen LogP contribution in [0.4, 0.5) is 0 Å². The maximum atomic E-state index is 11.9. The predicted octanol–water partition coefficient (Wildman–Crippen LogP) is 3.18. The molecule has 0 saturated carbocycles. The second kappa shape index (κ2) is 9.60. The van der Waals surface area contributed by atoms with E-state index in [4.69, 9.17) is 11.6 Å². The van der Waals surface area contributed by atoms with Crippen molar-refractivity contribution in [3.8, 4) is 0 Å². The van der Waals surface area contributed by atoms with Gasteiger partial charge in [0.2, 0.25) is 5.91 Å². The van der Waals surface area contributed by atoms with Crippen molar-refractivity contribution in [2.75, 3.05) is 18.8 Å². The first-order chi connectivity index (χ1) is 11.2. The Bertz CT molecular complexity index is 647. The van der Waals surface area contributed by atoms with E-state index in [0.717, 1.165) is 11.5 Å². The van der Waals surface area contributed by atoms with Gasteiger partial charge in [0.05, 0.1) is 17.1 Å². The molecule has 0 bridgehead atoms. The van der Waals surface area contributed by atoms with Gasteiger partial charge in [0, 0.05) is 18.1 Å². The summed E-state index contributed by atoms with van der Waals surface area (Å²) in [5.74, 6) is 1.22. The fraction of sp³-hybridized carbons (Fsp3) is 0.250. The van der Waals surface area contributed by atoms with Crippen molar-refractivity contribution in [1.29, 1.82) is 0 Å². The normalized spacial score (nSPS) is 10.3. The number of rotatable bonds is 8. The molecule has 2 N–H and O–H groups in total. The summed E-state index contributed by atoms with van der Waals surface area (Å²) in [4.78, 5) is 23.6. The van der Waals surface area contributed by atoms with Crippen molar-refractivity contribution in [2.24, 2.45) is 0 Å². The first-order valence-corrected chi connectivity index (χ1v) is 9.52. The third-order valence-corrected chi connectivity index (χ3v) is 5.04. The molecule has 0 spiro atoms. The van der Waals surface area contributed by atoms with Crippen LogP contribution in [-0.4, -0.2) is 30.7 Å². The van der Waals surface area contributed by atoms with Crippen molar-refractivity contribution < 1.29 is 9.59 Å². The number of halogens is 1. The lowest BCUT2D eigenvalue weighted by Crippen LogP contribution is -2.37. The Kier molecular flexibility index (Phi) is 7.45. The van der Waals surface area contributed by atoms with Gasteiger partial charge in [-0.25, -0.2) is 0 Å². The molecular formula is C16H17ClN2O2S2. The Morgan fingerprint density at radius 2 is 2.00 bits per heavy atom. The van der Waals surface area contributed by atoms with Crippen molar-refractivity contribution in [3.05, 3.63) is 57.2 Å². The lowest BCUT2D eigenvalue weighted by Gasteiger charge is -2.07. The van der Waals surface area contributed by atoms with Gasteiger partial charge in [-0.2, -0.15) is 23.1 Å². The predicted molar refractivity (Wildman–Crippen MR) is 97.3 cm³/mol. The minimum absolute atomic E-state index is 0.0563. The minimum atomic E-state index is -0.349. The molecule has 2 amide bonds. The fourth-order valence-corrected chi connectivity index (χ4v) is 3.59. The summed E-state index contributed by atoms with van der Waals surface area (Å²) in [6.45, 7) is 0.523. The van der Waals surface area contributed by atoms with Crippen LogP contribution in [0.2, 0.25) is 5.02 Å². The van der Waals surface area contributed by atoms with E-state index in [1.165, 1.54) is 5.56 Å². The summed E-state index contributed by atoms with van der Waals surface area (Å²) in [6.07, 6.45) is 0. The highest BCUT2D eigenvalue weighted by atomic mass is 35.5. The number of hydrogen-bond acceptors (Lipinski definition) is 4. The molecule has 0 fully saturated rings. The number of nitrogens with one attached hydrogen (secondary N) is 2. The van der Waals surface area contributed by atoms with Crippen LogP contribution in [0.25, 0.3) is 0 Å². The summed E-state index contributed by atoms with van der Waals surface area (Å²) in [5.41, 5.74) is 1.67. The molecule has 23 heavy (non-hydrogen) atoms. The van der Waals surface area contributed by atoms with Crippen LogP contribution >= 0.6 is 34.7 Å². The maximum Gasteiger partial charge on any atom is 0.253 e. The van der Waals surface area contributed by atoms with E-state index < -0.39 is 0 Å². The highest BCUT2D eigenvalue weighted by Crippen LogP contribution is 2.15. The quantitative estimate of drug-likeness (QED) is 0.703. The smallest absolute Gasteiger partial charge is 0.253 e. The Balaban J connectivity index is 1.60. The largest absolute Gasteiger partial charge is 0.354 e. The van der Waals surface area contributed by atoms with Crippen LogP contribution in [0.5, 0.6) is 0 Å². The minimum Gasteiger partial charge on any atom is -0.354 e. The zero-order chi connectivity index (χ0) is 16.5. The van der Waals surface area contributed by atoms with Gasteiger partial charge in [-0.15, -0.1) is 0 Å². The number of hydrogen-bond donors (Lipinski definition) is 2. The van der Waals surface area contributed by atoms with Crippen LogP contribution in [0.3, 0.4) is 0 Å². The molecule has 0 aliphatic rings. The number of carbonyl (C=O) groups excluding carboxylic acids is 2. The van der Waals surface area contributed by atoms with E-state index in [1.807, 2.05) is 0 Å². The summed E-state index contributed by atoms with van der Waals surface area (Å²) in [7, 11) is 0. The van der Waals surface area contributed by atoms with E-state index >= 15 is 0 Å². The second-order valence-electron chi connectivity index (χ2n) is 4.70. The monoisotopic (exact) mass is 368 g/mol. The van der Waals surface area contributed by atoms with Crippen molar-refractivity contribution in [3.63, 3.8) is 0 Å². The topological polar surface area (TPSA) is 58.2 Å². The zero-order valence-electron chi connectivity index (χ0n) is 12.4. The fourth-order valence-electron chi connectivity index (χ4n) is 1.79. The molecule has 0 aliphatic carbocycles. The third-order valence-electron chi connectivity index (χ3n) is 2.95. The lowest BCUT2D eigenvalue weighted by molar-refractivity contribution is -0.120. The van der Waals surface area contributed by atoms with Crippen LogP contribution < -0.4 is 10.6 Å². The summed E-state index contributed by atoms with van der Waals surface area (Å²) >= 11 is 9.38. The lowest BCUT2D eigenvalue weighted by atomic mass is 10.2. The van der Waals surface area contributed by atoms with Gasteiger partial charge in [0.15, 0.2) is 0 Å². The molecule has 7 heteroatoms. The molecule has 0 atom stereocenters. The molecule has 2 aromatic rings. The van der Waals surface area contributed by atoms with Gasteiger partial charge in [0.25, 0.3) is 5.91 Å².